The molecule has 4 nitrogen and oxygen atoms in total. The predicted molar refractivity (Wildman–Crippen MR) is 84.3 cm³/mol. The first-order valence-electron chi connectivity index (χ1n) is 6.37. The van der Waals surface area contributed by atoms with Gasteiger partial charge in [-0.25, -0.2) is 0 Å². The summed E-state index contributed by atoms with van der Waals surface area (Å²) < 4.78 is 15.8. The summed E-state index contributed by atoms with van der Waals surface area (Å²) in [5.41, 5.74) is 7.21. The normalized spacial score (nSPS) is 10.7. The largest absolute Gasteiger partial charge is 0.389 e. The van der Waals surface area contributed by atoms with Crippen LogP contribution < -0.4 is 5.73 Å². The van der Waals surface area contributed by atoms with Gasteiger partial charge in [-0.05, 0) is 18.1 Å². The Morgan fingerprint density at radius 2 is 1.95 bits per heavy atom. The number of methoxy groups -OCH3 is 1. The zero-order valence-corrected chi connectivity index (χ0v) is 13.1. The van der Waals surface area contributed by atoms with Crippen LogP contribution in [-0.4, -0.2) is 38.5 Å². The lowest BCUT2D eigenvalue weighted by atomic mass is 10.1. The molecule has 6 heteroatoms. The van der Waals surface area contributed by atoms with E-state index in [1.165, 1.54) is 0 Å². The van der Waals surface area contributed by atoms with Crippen molar-refractivity contribution >= 4 is 28.8 Å². The molecular formula is C14H20ClNO3S. The van der Waals surface area contributed by atoms with Crippen LogP contribution in [0.25, 0.3) is 0 Å². The van der Waals surface area contributed by atoms with Crippen molar-refractivity contribution in [1.82, 2.24) is 0 Å². The third-order valence-electron chi connectivity index (χ3n) is 2.60. The molecule has 0 aromatic heterocycles. The molecular weight excluding hydrogens is 298 g/mol. The Morgan fingerprint density at radius 3 is 2.60 bits per heavy atom. The van der Waals surface area contributed by atoms with Crippen molar-refractivity contribution in [3.63, 3.8) is 0 Å². The first-order chi connectivity index (χ1) is 9.65. The van der Waals surface area contributed by atoms with Gasteiger partial charge in [0.15, 0.2) is 0 Å². The van der Waals surface area contributed by atoms with E-state index in [9.17, 15) is 0 Å². The molecule has 0 saturated heterocycles. The van der Waals surface area contributed by atoms with E-state index in [2.05, 4.69) is 0 Å². The highest BCUT2D eigenvalue weighted by molar-refractivity contribution is 7.80. The second kappa shape index (κ2) is 10.1. The quantitative estimate of drug-likeness (QED) is 0.531. The first-order valence-corrected chi connectivity index (χ1v) is 7.16. The first kappa shape index (κ1) is 17.3. The van der Waals surface area contributed by atoms with Gasteiger partial charge >= 0.3 is 0 Å². The minimum Gasteiger partial charge on any atom is -0.389 e. The summed E-state index contributed by atoms with van der Waals surface area (Å²) in [5.74, 6) is 0. The maximum Gasteiger partial charge on any atom is 0.104 e. The lowest BCUT2D eigenvalue weighted by Crippen LogP contribution is -2.10. The van der Waals surface area contributed by atoms with Crippen LogP contribution in [0.5, 0.6) is 0 Å². The predicted octanol–water partition coefficient (Wildman–Crippen LogP) is 2.54. The summed E-state index contributed by atoms with van der Waals surface area (Å²) in [6, 6.07) is 5.47. The highest BCUT2D eigenvalue weighted by Crippen LogP contribution is 2.18. The van der Waals surface area contributed by atoms with Crippen molar-refractivity contribution in [3.05, 3.63) is 34.3 Å². The molecule has 1 aromatic rings. The van der Waals surface area contributed by atoms with Crippen molar-refractivity contribution in [2.45, 2.75) is 13.0 Å². The molecule has 2 N–H and O–H groups in total. The van der Waals surface area contributed by atoms with Gasteiger partial charge in [-0.15, -0.1) is 0 Å². The lowest BCUT2D eigenvalue weighted by molar-refractivity contribution is 0.0337. The summed E-state index contributed by atoms with van der Waals surface area (Å²) in [4.78, 5) is 0.337. The summed E-state index contributed by atoms with van der Waals surface area (Å²) >= 11 is 11.0. The van der Waals surface area contributed by atoms with Gasteiger partial charge in [-0.1, -0.05) is 36.0 Å². The smallest absolute Gasteiger partial charge is 0.104 e. The van der Waals surface area contributed by atoms with E-state index in [0.29, 0.717) is 43.0 Å². The van der Waals surface area contributed by atoms with Crippen molar-refractivity contribution in [3.8, 4) is 0 Å². The molecule has 0 amide bonds. The van der Waals surface area contributed by atoms with Crippen molar-refractivity contribution < 1.29 is 14.2 Å². The molecule has 0 aliphatic heterocycles. The number of rotatable bonds is 10. The number of hydrogen-bond donors (Lipinski definition) is 1. The summed E-state index contributed by atoms with van der Waals surface area (Å²) in [6.07, 6.45) is 0.892. The number of ether oxygens (including phenoxy) is 3. The van der Waals surface area contributed by atoms with Crippen molar-refractivity contribution in [2.75, 3.05) is 33.5 Å². The Kier molecular flexibility index (Phi) is 8.73. The molecule has 0 spiro atoms. The van der Waals surface area contributed by atoms with Crippen molar-refractivity contribution in [1.29, 1.82) is 0 Å². The number of benzene rings is 1. The molecule has 0 radical (unpaired) electrons. The lowest BCUT2D eigenvalue weighted by Gasteiger charge is -2.08. The van der Waals surface area contributed by atoms with Crippen LogP contribution in [0.2, 0.25) is 5.02 Å². The Morgan fingerprint density at radius 1 is 1.20 bits per heavy atom. The van der Waals surface area contributed by atoms with Gasteiger partial charge in [0.2, 0.25) is 0 Å². The zero-order chi connectivity index (χ0) is 14.8. The molecule has 0 fully saturated rings. The van der Waals surface area contributed by atoms with Crippen LogP contribution in [0.3, 0.4) is 0 Å². The van der Waals surface area contributed by atoms with Crippen LogP contribution in [0.1, 0.15) is 17.5 Å². The molecule has 0 aliphatic carbocycles. The Balaban J connectivity index is 2.20. The fraction of sp³-hybridized carbons (Fsp3) is 0.500. The monoisotopic (exact) mass is 317 g/mol. The highest BCUT2D eigenvalue weighted by atomic mass is 35.5. The maximum atomic E-state index is 6.13. The SMILES string of the molecule is COCCCOCCOCc1ccc(C(N)=S)cc1Cl. The van der Waals surface area contributed by atoms with Gasteiger partial charge in [0, 0.05) is 30.9 Å². The van der Waals surface area contributed by atoms with E-state index in [-0.39, 0.29) is 0 Å². The van der Waals surface area contributed by atoms with E-state index in [1.54, 1.807) is 13.2 Å². The average molecular weight is 318 g/mol. The Labute approximate surface area is 130 Å². The van der Waals surface area contributed by atoms with Crippen LogP contribution in [0.4, 0.5) is 0 Å². The molecule has 0 aliphatic rings. The molecule has 1 aromatic carbocycles. The van der Waals surface area contributed by atoms with Gasteiger partial charge in [0.05, 0.1) is 19.8 Å². The molecule has 0 atom stereocenters. The topological polar surface area (TPSA) is 53.7 Å². The number of hydrogen-bond acceptors (Lipinski definition) is 4. The third kappa shape index (κ3) is 6.63. The van der Waals surface area contributed by atoms with E-state index < -0.39 is 0 Å². The fourth-order valence-electron chi connectivity index (χ4n) is 1.52. The molecule has 1 rings (SSSR count). The second-order valence-corrected chi connectivity index (χ2v) is 5.03. The number of nitrogens with two attached hydrogens (primary N) is 1. The summed E-state index contributed by atoms with van der Waals surface area (Å²) in [6.45, 7) is 2.93. The zero-order valence-electron chi connectivity index (χ0n) is 11.6. The van der Waals surface area contributed by atoms with Crippen molar-refractivity contribution in [2.24, 2.45) is 5.73 Å². The van der Waals surface area contributed by atoms with Gasteiger partial charge in [0.25, 0.3) is 0 Å². The second-order valence-electron chi connectivity index (χ2n) is 4.18. The van der Waals surface area contributed by atoms with Gasteiger partial charge in [-0.2, -0.15) is 0 Å². The molecule has 0 bridgehead atoms. The molecule has 0 heterocycles. The fourth-order valence-corrected chi connectivity index (χ4v) is 1.89. The van der Waals surface area contributed by atoms with Crippen LogP contribution in [0.15, 0.2) is 18.2 Å². The van der Waals surface area contributed by atoms with E-state index in [4.69, 9.17) is 43.8 Å². The average Bonchev–Trinajstić information content (AvgIpc) is 2.43. The number of thiocarbonyl (C=S) groups is 1. The van der Waals surface area contributed by atoms with Crippen LogP contribution >= 0.6 is 23.8 Å². The number of halogens is 1. The van der Waals surface area contributed by atoms with Crippen LogP contribution in [0, 0.1) is 0 Å². The minimum absolute atomic E-state index is 0.337. The Hall–Kier alpha value is -0.720. The van der Waals surface area contributed by atoms with Gasteiger partial charge < -0.3 is 19.9 Å². The molecule has 20 heavy (non-hydrogen) atoms. The minimum atomic E-state index is 0.337. The standard InChI is InChI=1S/C14H20ClNO3S/c1-17-5-2-6-18-7-8-19-10-12-4-3-11(14(16)20)9-13(12)15/h3-4,9H,2,5-8,10H2,1H3,(H2,16,20). The summed E-state index contributed by atoms with van der Waals surface area (Å²) in [5, 5.41) is 0.608. The Bertz CT molecular complexity index is 429. The summed E-state index contributed by atoms with van der Waals surface area (Å²) in [7, 11) is 1.68. The molecule has 112 valence electrons. The van der Waals surface area contributed by atoms with E-state index in [1.807, 2.05) is 12.1 Å². The molecule has 0 saturated carbocycles. The maximum absolute atomic E-state index is 6.13. The van der Waals surface area contributed by atoms with Gasteiger partial charge in [-0.3, -0.25) is 0 Å². The van der Waals surface area contributed by atoms with Crippen LogP contribution in [-0.2, 0) is 20.8 Å². The highest BCUT2D eigenvalue weighted by Gasteiger charge is 2.04. The van der Waals surface area contributed by atoms with E-state index in [0.717, 1.165) is 17.5 Å². The van der Waals surface area contributed by atoms with Gasteiger partial charge in [0.1, 0.15) is 4.99 Å². The van der Waals surface area contributed by atoms with E-state index >= 15 is 0 Å². The third-order valence-corrected chi connectivity index (χ3v) is 3.19. The molecule has 0 unspecified atom stereocenters.